The number of amides is 4. The number of imide groups is 1. The number of carbonyl (C=O) groups is 4. The molecule has 1 unspecified atom stereocenters. The maximum absolute atomic E-state index is 12.8. The molecular formula is C23H23N3O4. The van der Waals surface area contributed by atoms with E-state index in [1.807, 2.05) is 30.3 Å². The zero-order chi connectivity index (χ0) is 21.1. The van der Waals surface area contributed by atoms with Crippen LogP contribution in [0, 0.1) is 0 Å². The quantitative estimate of drug-likeness (QED) is 0.743. The van der Waals surface area contributed by atoms with E-state index in [2.05, 4.69) is 10.6 Å². The van der Waals surface area contributed by atoms with Crippen molar-refractivity contribution in [3.8, 4) is 0 Å². The molecular weight excluding hydrogens is 382 g/mol. The molecule has 0 spiro atoms. The molecule has 2 N–H and O–H groups in total. The van der Waals surface area contributed by atoms with Gasteiger partial charge in [0.1, 0.15) is 6.04 Å². The van der Waals surface area contributed by atoms with Gasteiger partial charge in [-0.05, 0) is 49.4 Å². The fourth-order valence-electron chi connectivity index (χ4n) is 3.84. The van der Waals surface area contributed by atoms with Gasteiger partial charge in [0.05, 0.1) is 11.1 Å². The first kappa shape index (κ1) is 19.8. The van der Waals surface area contributed by atoms with E-state index in [0.717, 1.165) is 18.4 Å². The number of hydrogen-bond donors (Lipinski definition) is 2. The summed E-state index contributed by atoms with van der Waals surface area (Å²) >= 11 is 0. The normalized spacial score (nSPS) is 18.6. The highest BCUT2D eigenvalue weighted by molar-refractivity contribution is 6.22. The summed E-state index contributed by atoms with van der Waals surface area (Å²) in [6.07, 6.45) is 2.87. The second-order valence-electron chi connectivity index (χ2n) is 7.57. The van der Waals surface area contributed by atoms with Gasteiger partial charge in [0.2, 0.25) is 5.91 Å². The predicted octanol–water partition coefficient (Wildman–Crippen LogP) is 1.92. The molecule has 0 aromatic heterocycles. The molecule has 2 aromatic rings. The Kier molecular flexibility index (Phi) is 5.61. The second kappa shape index (κ2) is 8.49. The number of carbonyl (C=O) groups excluding carboxylic acids is 4. The van der Waals surface area contributed by atoms with Gasteiger partial charge in [0.15, 0.2) is 0 Å². The lowest BCUT2D eigenvalue weighted by atomic mass is 10.0. The molecule has 7 heteroatoms. The van der Waals surface area contributed by atoms with Crippen molar-refractivity contribution in [3.05, 3.63) is 70.8 Å². The molecule has 2 aliphatic heterocycles. The molecule has 154 valence electrons. The first-order valence-electron chi connectivity index (χ1n) is 10.2. The van der Waals surface area contributed by atoms with Crippen LogP contribution in [0.25, 0.3) is 0 Å². The molecule has 2 aliphatic rings. The van der Waals surface area contributed by atoms with E-state index in [9.17, 15) is 19.2 Å². The molecule has 1 fully saturated rings. The van der Waals surface area contributed by atoms with Crippen molar-refractivity contribution in [2.45, 2.75) is 31.7 Å². The maximum atomic E-state index is 12.8. The zero-order valence-corrected chi connectivity index (χ0v) is 16.5. The number of benzene rings is 2. The monoisotopic (exact) mass is 405 g/mol. The van der Waals surface area contributed by atoms with E-state index >= 15 is 0 Å². The minimum atomic E-state index is -0.590. The molecule has 0 aliphatic carbocycles. The van der Waals surface area contributed by atoms with Crippen LogP contribution >= 0.6 is 0 Å². The van der Waals surface area contributed by atoms with Crippen LogP contribution in [0.5, 0.6) is 0 Å². The van der Waals surface area contributed by atoms with Crippen LogP contribution in [-0.4, -0.2) is 47.7 Å². The summed E-state index contributed by atoms with van der Waals surface area (Å²) in [6.45, 7) is 0.889. The smallest absolute Gasteiger partial charge is 0.261 e. The molecule has 4 rings (SSSR count). The van der Waals surface area contributed by atoms with Crippen molar-refractivity contribution >= 4 is 23.6 Å². The summed E-state index contributed by atoms with van der Waals surface area (Å²) in [7, 11) is 0. The molecule has 2 aromatic carbocycles. The average molecular weight is 405 g/mol. The van der Waals surface area contributed by atoms with Crippen LogP contribution in [0.2, 0.25) is 0 Å². The summed E-state index contributed by atoms with van der Waals surface area (Å²) < 4.78 is 0. The van der Waals surface area contributed by atoms with Crippen LogP contribution in [0.4, 0.5) is 0 Å². The standard InChI is InChI=1S/C23H23N3O4/c27-20(25-19-8-4-5-12-24-21(19)28)16-9-10-17-18(14-16)23(30)26(22(17)29)13-11-15-6-2-1-3-7-15/h1-3,6-7,9-10,14,19H,4-5,8,11-13H2,(H,24,28)(H,25,27). The van der Waals surface area contributed by atoms with Gasteiger partial charge in [-0.25, -0.2) is 0 Å². The molecule has 30 heavy (non-hydrogen) atoms. The second-order valence-corrected chi connectivity index (χ2v) is 7.57. The Balaban J connectivity index is 1.47. The Morgan fingerprint density at radius 1 is 1.00 bits per heavy atom. The lowest BCUT2D eigenvalue weighted by Crippen LogP contribution is -2.45. The number of hydrogen-bond acceptors (Lipinski definition) is 4. The highest BCUT2D eigenvalue weighted by Gasteiger charge is 2.36. The van der Waals surface area contributed by atoms with Crippen molar-refractivity contribution in [2.75, 3.05) is 13.1 Å². The van der Waals surface area contributed by atoms with Gasteiger partial charge < -0.3 is 10.6 Å². The topological polar surface area (TPSA) is 95.6 Å². The van der Waals surface area contributed by atoms with Crippen LogP contribution in [-0.2, 0) is 11.2 Å². The number of rotatable bonds is 5. The maximum Gasteiger partial charge on any atom is 0.261 e. The largest absolute Gasteiger partial charge is 0.354 e. The molecule has 0 bridgehead atoms. The third-order valence-corrected chi connectivity index (χ3v) is 5.54. The Bertz CT molecular complexity index is 1000. The van der Waals surface area contributed by atoms with Gasteiger partial charge in [-0.15, -0.1) is 0 Å². The van der Waals surface area contributed by atoms with Crippen LogP contribution in [0.3, 0.4) is 0 Å². The van der Waals surface area contributed by atoms with Crippen molar-refractivity contribution in [2.24, 2.45) is 0 Å². The SMILES string of the molecule is O=C(NC1CCCCNC1=O)c1ccc2c(c1)C(=O)N(CCc1ccccc1)C2=O. The van der Waals surface area contributed by atoms with E-state index in [-0.39, 0.29) is 29.5 Å². The highest BCUT2D eigenvalue weighted by Crippen LogP contribution is 2.24. The third-order valence-electron chi connectivity index (χ3n) is 5.54. The van der Waals surface area contributed by atoms with Crippen molar-refractivity contribution in [1.82, 2.24) is 15.5 Å². The molecule has 7 nitrogen and oxygen atoms in total. The van der Waals surface area contributed by atoms with Crippen molar-refractivity contribution in [1.29, 1.82) is 0 Å². The minimum absolute atomic E-state index is 0.194. The van der Waals surface area contributed by atoms with Gasteiger partial charge in [-0.2, -0.15) is 0 Å². The molecule has 1 saturated heterocycles. The van der Waals surface area contributed by atoms with E-state index < -0.39 is 17.9 Å². The summed E-state index contributed by atoms with van der Waals surface area (Å²) in [5.74, 6) is -1.36. The van der Waals surface area contributed by atoms with Crippen molar-refractivity contribution in [3.63, 3.8) is 0 Å². The number of fused-ring (bicyclic) bond motifs is 1. The zero-order valence-electron chi connectivity index (χ0n) is 16.5. The van der Waals surface area contributed by atoms with Gasteiger partial charge in [0.25, 0.3) is 17.7 Å². The van der Waals surface area contributed by atoms with Crippen LogP contribution in [0.15, 0.2) is 48.5 Å². The highest BCUT2D eigenvalue weighted by atomic mass is 16.2. The lowest BCUT2D eigenvalue weighted by molar-refractivity contribution is -0.122. The minimum Gasteiger partial charge on any atom is -0.354 e. The van der Waals surface area contributed by atoms with Crippen LogP contribution < -0.4 is 10.6 Å². The van der Waals surface area contributed by atoms with E-state index in [1.54, 1.807) is 0 Å². The molecule has 4 amide bonds. The Labute approximate surface area is 174 Å². The van der Waals surface area contributed by atoms with Gasteiger partial charge in [0, 0.05) is 18.7 Å². The van der Waals surface area contributed by atoms with Crippen molar-refractivity contribution < 1.29 is 19.2 Å². The Morgan fingerprint density at radius 2 is 1.77 bits per heavy atom. The van der Waals surface area contributed by atoms with E-state index in [0.29, 0.717) is 24.9 Å². The summed E-state index contributed by atoms with van der Waals surface area (Å²) in [5.41, 5.74) is 1.83. The average Bonchev–Trinajstić information content (AvgIpc) is 2.88. The van der Waals surface area contributed by atoms with Gasteiger partial charge in [-0.1, -0.05) is 30.3 Å². The fraction of sp³-hybridized carbons (Fsp3) is 0.304. The lowest BCUT2D eigenvalue weighted by Gasteiger charge is -2.15. The fourth-order valence-corrected chi connectivity index (χ4v) is 3.84. The van der Waals surface area contributed by atoms with Gasteiger partial charge >= 0.3 is 0 Å². The first-order chi connectivity index (χ1) is 14.5. The third kappa shape index (κ3) is 3.96. The summed E-state index contributed by atoms with van der Waals surface area (Å²) in [6, 6.07) is 13.5. The van der Waals surface area contributed by atoms with Crippen LogP contribution in [0.1, 0.15) is 55.9 Å². The molecule has 0 saturated carbocycles. The number of nitrogens with one attached hydrogen (secondary N) is 2. The molecule has 2 heterocycles. The summed E-state index contributed by atoms with van der Waals surface area (Å²) in [5, 5.41) is 5.52. The predicted molar refractivity (Wildman–Crippen MR) is 110 cm³/mol. The summed E-state index contributed by atoms with van der Waals surface area (Å²) in [4.78, 5) is 51.4. The number of nitrogens with zero attached hydrogens (tertiary/aromatic N) is 1. The molecule has 1 atom stereocenters. The van der Waals surface area contributed by atoms with Gasteiger partial charge in [-0.3, -0.25) is 24.1 Å². The Hall–Kier alpha value is -3.48. The molecule has 0 radical (unpaired) electrons. The Morgan fingerprint density at radius 3 is 2.57 bits per heavy atom. The van der Waals surface area contributed by atoms with E-state index in [1.165, 1.54) is 23.1 Å². The van der Waals surface area contributed by atoms with E-state index in [4.69, 9.17) is 0 Å². The first-order valence-corrected chi connectivity index (χ1v) is 10.2.